The second-order valence-corrected chi connectivity index (χ2v) is 3.28. The molecule has 0 radical (unpaired) electrons. The number of nitrogens with one attached hydrogen (secondary N) is 1. The van der Waals surface area contributed by atoms with Gasteiger partial charge in [0.1, 0.15) is 6.61 Å². The molecular formula is C11H23NO5. The highest BCUT2D eigenvalue weighted by molar-refractivity contribution is 5.65. The third-order valence-corrected chi connectivity index (χ3v) is 1.77. The summed E-state index contributed by atoms with van der Waals surface area (Å²) in [6, 6.07) is 0. The lowest BCUT2D eigenvalue weighted by Crippen LogP contribution is -2.17. The van der Waals surface area contributed by atoms with Gasteiger partial charge in [0.2, 0.25) is 0 Å². The smallest absolute Gasteiger partial charge is 0.302 e. The number of hydrogen-bond donors (Lipinski definition) is 1. The van der Waals surface area contributed by atoms with E-state index in [0.717, 1.165) is 6.54 Å². The summed E-state index contributed by atoms with van der Waals surface area (Å²) < 4.78 is 20.4. The molecule has 0 aromatic carbocycles. The zero-order chi connectivity index (χ0) is 12.8. The molecule has 0 aliphatic heterocycles. The fraction of sp³-hybridized carbons (Fsp3) is 0.909. The fourth-order valence-corrected chi connectivity index (χ4v) is 0.960. The maximum atomic E-state index is 10.4. The highest BCUT2D eigenvalue weighted by atomic mass is 16.6. The molecule has 0 aromatic heterocycles. The Kier molecular flexibility index (Phi) is 12.8. The molecule has 17 heavy (non-hydrogen) atoms. The van der Waals surface area contributed by atoms with Crippen LogP contribution in [0.25, 0.3) is 0 Å². The van der Waals surface area contributed by atoms with Gasteiger partial charge in [0.25, 0.3) is 0 Å². The average molecular weight is 249 g/mol. The van der Waals surface area contributed by atoms with E-state index in [9.17, 15) is 4.79 Å². The summed E-state index contributed by atoms with van der Waals surface area (Å²) in [5, 5.41) is 2.98. The molecule has 6 nitrogen and oxygen atoms in total. The van der Waals surface area contributed by atoms with Crippen LogP contribution in [-0.4, -0.2) is 65.8 Å². The van der Waals surface area contributed by atoms with Gasteiger partial charge >= 0.3 is 5.97 Å². The minimum atomic E-state index is -0.288. The normalized spacial score (nSPS) is 10.5. The monoisotopic (exact) mass is 249 g/mol. The third kappa shape index (κ3) is 15.3. The highest BCUT2D eigenvalue weighted by Crippen LogP contribution is 1.82. The molecule has 0 atom stereocenters. The molecule has 0 fully saturated rings. The fourth-order valence-electron chi connectivity index (χ4n) is 0.960. The van der Waals surface area contributed by atoms with E-state index in [0.29, 0.717) is 46.2 Å². The largest absolute Gasteiger partial charge is 0.463 e. The van der Waals surface area contributed by atoms with Crippen LogP contribution in [0.5, 0.6) is 0 Å². The number of hydrogen-bond acceptors (Lipinski definition) is 6. The second kappa shape index (κ2) is 13.4. The molecule has 0 aliphatic rings. The molecule has 102 valence electrons. The lowest BCUT2D eigenvalue weighted by molar-refractivity contribution is -0.142. The molecule has 0 heterocycles. The third-order valence-electron chi connectivity index (χ3n) is 1.77. The maximum absolute atomic E-state index is 10.4. The summed E-state index contributed by atoms with van der Waals surface area (Å²) in [5.41, 5.74) is 0. The van der Waals surface area contributed by atoms with Gasteiger partial charge in [0, 0.05) is 13.5 Å². The van der Waals surface area contributed by atoms with Crippen LogP contribution in [0.15, 0.2) is 0 Å². The van der Waals surface area contributed by atoms with Crippen molar-refractivity contribution in [3.05, 3.63) is 0 Å². The Morgan fingerprint density at radius 1 is 0.882 bits per heavy atom. The van der Waals surface area contributed by atoms with Gasteiger partial charge < -0.3 is 24.3 Å². The topological polar surface area (TPSA) is 66.0 Å². The number of ether oxygens (including phenoxy) is 4. The van der Waals surface area contributed by atoms with E-state index in [1.807, 2.05) is 7.05 Å². The van der Waals surface area contributed by atoms with Crippen molar-refractivity contribution in [2.75, 3.05) is 59.8 Å². The van der Waals surface area contributed by atoms with Gasteiger partial charge in [-0.3, -0.25) is 4.79 Å². The molecular weight excluding hydrogens is 226 g/mol. The molecule has 0 aromatic rings. The van der Waals surface area contributed by atoms with Crippen LogP contribution in [0.3, 0.4) is 0 Å². The Bertz CT molecular complexity index is 177. The van der Waals surface area contributed by atoms with Crippen molar-refractivity contribution in [3.63, 3.8) is 0 Å². The van der Waals surface area contributed by atoms with Crippen LogP contribution >= 0.6 is 0 Å². The Morgan fingerprint density at radius 2 is 1.35 bits per heavy atom. The first-order valence-corrected chi connectivity index (χ1v) is 5.78. The molecule has 0 amide bonds. The summed E-state index contributed by atoms with van der Waals surface area (Å²) in [6.07, 6.45) is 0. The number of carbonyl (C=O) groups excluding carboxylic acids is 1. The van der Waals surface area contributed by atoms with Crippen molar-refractivity contribution in [2.45, 2.75) is 6.92 Å². The van der Waals surface area contributed by atoms with Crippen LogP contribution < -0.4 is 5.32 Å². The van der Waals surface area contributed by atoms with Crippen molar-refractivity contribution < 1.29 is 23.7 Å². The Morgan fingerprint density at radius 3 is 1.82 bits per heavy atom. The zero-order valence-electron chi connectivity index (χ0n) is 10.7. The summed E-state index contributed by atoms with van der Waals surface area (Å²) in [7, 11) is 1.88. The molecule has 1 N–H and O–H groups in total. The number of esters is 1. The molecule has 6 heteroatoms. The van der Waals surface area contributed by atoms with Crippen molar-refractivity contribution in [3.8, 4) is 0 Å². The minimum Gasteiger partial charge on any atom is -0.463 e. The van der Waals surface area contributed by atoms with E-state index in [1.54, 1.807) is 0 Å². The van der Waals surface area contributed by atoms with E-state index < -0.39 is 0 Å². The van der Waals surface area contributed by atoms with Crippen LogP contribution in [0.2, 0.25) is 0 Å². The highest BCUT2D eigenvalue weighted by Gasteiger charge is 1.93. The molecule has 0 rings (SSSR count). The summed E-state index contributed by atoms with van der Waals surface area (Å²) in [4.78, 5) is 10.4. The van der Waals surface area contributed by atoms with Crippen LogP contribution in [0, 0.1) is 0 Å². The first kappa shape index (κ1) is 16.3. The molecule has 0 spiro atoms. The quantitative estimate of drug-likeness (QED) is 0.382. The molecule has 0 aliphatic carbocycles. The van der Waals surface area contributed by atoms with Gasteiger partial charge in [-0.2, -0.15) is 0 Å². The van der Waals surface area contributed by atoms with Crippen molar-refractivity contribution in [1.82, 2.24) is 5.32 Å². The van der Waals surface area contributed by atoms with Gasteiger partial charge in [0.15, 0.2) is 0 Å². The number of rotatable bonds is 12. The predicted molar refractivity (Wildman–Crippen MR) is 63.0 cm³/mol. The molecule has 0 saturated carbocycles. The van der Waals surface area contributed by atoms with Crippen LogP contribution in [-0.2, 0) is 23.7 Å². The summed E-state index contributed by atoms with van der Waals surface area (Å²) >= 11 is 0. The number of likely N-dealkylation sites (N-methyl/N-ethyl adjacent to an activating group) is 1. The Labute approximate surface area is 103 Å². The second-order valence-electron chi connectivity index (χ2n) is 3.28. The lowest BCUT2D eigenvalue weighted by atomic mass is 10.6. The standard InChI is InChI=1S/C11H23NO5/c1-11(13)17-10-9-16-8-7-15-6-5-14-4-3-12-2/h12H,3-10H2,1-2H3. The Balaban J connectivity index is 2.91. The van der Waals surface area contributed by atoms with Crippen molar-refractivity contribution in [2.24, 2.45) is 0 Å². The van der Waals surface area contributed by atoms with Gasteiger partial charge in [-0.1, -0.05) is 0 Å². The first-order valence-electron chi connectivity index (χ1n) is 5.78. The van der Waals surface area contributed by atoms with Gasteiger partial charge in [0.05, 0.1) is 39.6 Å². The van der Waals surface area contributed by atoms with Crippen LogP contribution in [0.1, 0.15) is 6.92 Å². The zero-order valence-corrected chi connectivity index (χ0v) is 10.7. The molecule has 0 saturated heterocycles. The SMILES string of the molecule is CNCCOCCOCCOCCOC(C)=O. The van der Waals surface area contributed by atoms with Crippen LogP contribution in [0.4, 0.5) is 0 Å². The molecule has 0 unspecified atom stereocenters. The van der Waals surface area contributed by atoms with E-state index in [2.05, 4.69) is 5.32 Å². The first-order chi connectivity index (χ1) is 8.27. The average Bonchev–Trinajstić information content (AvgIpc) is 2.30. The predicted octanol–water partition coefficient (Wildman–Crippen LogP) is -0.181. The maximum Gasteiger partial charge on any atom is 0.302 e. The molecule has 0 bridgehead atoms. The van der Waals surface area contributed by atoms with E-state index in [4.69, 9.17) is 18.9 Å². The minimum absolute atomic E-state index is 0.288. The van der Waals surface area contributed by atoms with E-state index in [1.165, 1.54) is 6.92 Å². The van der Waals surface area contributed by atoms with Gasteiger partial charge in [-0.05, 0) is 7.05 Å². The Hall–Kier alpha value is -0.690. The van der Waals surface area contributed by atoms with Crippen molar-refractivity contribution in [1.29, 1.82) is 0 Å². The lowest BCUT2D eigenvalue weighted by Gasteiger charge is -2.06. The summed E-state index contributed by atoms with van der Waals surface area (Å²) in [5.74, 6) is -0.288. The van der Waals surface area contributed by atoms with Crippen molar-refractivity contribution >= 4 is 5.97 Å². The van der Waals surface area contributed by atoms with Gasteiger partial charge in [-0.25, -0.2) is 0 Å². The number of carbonyl (C=O) groups is 1. The van der Waals surface area contributed by atoms with E-state index in [-0.39, 0.29) is 5.97 Å². The van der Waals surface area contributed by atoms with E-state index >= 15 is 0 Å². The summed E-state index contributed by atoms with van der Waals surface area (Å²) in [6.45, 7) is 5.79. The van der Waals surface area contributed by atoms with Gasteiger partial charge in [-0.15, -0.1) is 0 Å².